The first-order valence-corrected chi connectivity index (χ1v) is 5.97. The lowest BCUT2D eigenvalue weighted by molar-refractivity contribution is -0.138. The lowest BCUT2D eigenvalue weighted by atomic mass is 10.3. The van der Waals surface area contributed by atoms with E-state index in [-0.39, 0.29) is 25.1 Å². The second kappa shape index (κ2) is 6.63. The van der Waals surface area contributed by atoms with Crippen molar-refractivity contribution in [2.45, 2.75) is 19.9 Å². The predicted octanol–water partition coefficient (Wildman–Crippen LogP) is 0.370. The quantitative estimate of drug-likeness (QED) is 0.726. The van der Waals surface area contributed by atoms with Crippen LogP contribution in [0.25, 0.3) is 0 Å². The molecule has 4 N–H and O–H groups in total. The van der Waals surface area contributed by atoms with E-state index in [0.29, 0.717) is 11.4 Å². The van der Waals surface area contributed by atoms with Crippen molar-refractivity contribution >= 4 is 17.5 Å². The number of benzene rings is 1. The van der Waals surface area contributed by atoms with Crippen LogP contribution in [0.1, 0.15) is 13.8 Å². The van der Waals surface area contributed by atoms with Gasteiger partial charge in [0.25, 0.3) is 5.91 Å². The summed E-state index contributed by atoms with van der Waals surface area (Å²) in [6, 6.07) is 6.77. The molecule has 6 nitrogen and oxygen atoms in total. The zero-order chi connectivity index (χ0) is 14.4. The van der Waals surface area contributed by atoms with Crippen molar-refractivity contribution in [3.8, 4) is 5.75 Å². The molecule has 104 valence electrons. The second-order valence-corrected chi connectivity index (χ2v) is 4.41. The highest BCUT2D eigenvalue weighted by molar-refractivity contribution is 5.84. The third-order valence-corrected chi connectivity index (χ3v) is 2.54. The Bertz CT molecular complexity index is 460. The summed E-state index contributed by atoms with van der Waals surface area (Å²) in [5, 5.41) is 0. The van der Waals surface area contributed by atoms with Crippen molar-refractivity contribution in [1.29, 1.82) is 0 Å². The number of anilines is 1. The van der Waals surface area contributed by atoms with Gasteiger partial charge in [-0.05, 0) is 26.0 Å². The van der Waals surface area contributed by atoms with Gasteiger partial charge in [0.2, 0.25) is 5.91 Å². The maximum Gasteiger partial charge on any atom is 0.261 e. The Balaban J connectivity index is 2.63. The largest absolute Gasteiger partial charge is 0.482 e. The van der Waals surface area contributed by atoms with Gasteiger partial charge < -0.3 is 21.1 Å². The highest BCUT2D eigenvalue weighted by Gasteiger charge is 2.19. The van der Waals surface area contributed by atoms with Crippen molar-refractivity contribution < 1.29 is 14.3 Å². The lowest BCUT2D eigenvalue weighted by Crippen LogP contribution is -2.44. The SMILES string of the molecule is CC(C)N(CC(N)=O)C(=O)COc1ccccc1N. The van der Waals surface area contributed by atoms with Gasteiger partial charge in [0, 0.05) is 6.04 Å². The summed E-state index contributed by atoms with van der Waals surface area (Å²) in [4.78, 5) is 24.2. The number of ether oxygens (including phenoxy) is 1. The van der Waals surface area contributed by atoms with Gasteiger partial charge in [-0.2, -0.15) is 0 Å². The average Bonchev–Trinajstić information content (AvgIpc) is 2.34. The van der Waals surface area contributed by atoms with E-state index < -0.39 is 5.91 Å². The third kappa shape index (κ3) is 4.50. The van der Waals surface area contributed by atoms with E-state index in [1.807, 2.05) is 0 Å². The van der Waals surface area contributed by atoms with Crippen LogP contribution in [0.3, 0.4) is 0 Å². The normalized spacial score (nSPS) is 10.3. The van der Waals surface area contributed by atoms with Gasteiger partial charge in [0.05, 0.1) is 12.2 Å². The molecule has 0 unspecified atom stereocenters. The fourth-order valence-corrected chi connectivity index (χ4v) is 1.56. The number of carbonyl (C=O) groups is 2. The van der Waals surface area contributed by atoms with Crippen molar-refractivity contribution in [2.24, 2.45) is 5.73 Å². The lowest BCUT2D eigenvalue weighted by Gasteiger charge is -2.25. The van der Waals surface area contributed by atoms with Crippen LogP contribution in [-0.4, -0.2) is 35.9 Å². The summed E-state index contributed by atoms with van der Waals surface area (Å²) in [6.07, 6.45) is 0. The molecule has 0 atom stereocenters. The molecule has 0 aliphatic heterocycles. The van der Waals surface area contributed by atoms with Gasteiger partial charge in [0.1, 0.15) is 5.75 Å². The summed E-state index contributed by atoms with van der Waals surface area (Å²) in [5.74, 6) is -0.419. The third-order valence-electron chi connectivity index (χ3n) is 2.54. The Hall–Kier alpha value is -2.24. The van der Waals surface area contributed by atoms with Crippen molar-refractivity contribution in [3.05, 3.63) is 24.3 Å². The Morgan fingerprint density at radius 3 is 2.47 bits per heavy atom. The highest BCUT2D eigenvalue weighted by Crippen LogP contribution is 2.19. The molecular weight excluding hydrogens is 246 g/mol. The van der Waals surface area contributed by atoms with E-state index in [9.17, 15) is 9.59 Å². The van der Waals surface area contributed by atoms with Gasteiger partial charge in [-0.25, -0.2) is 0 Å². The number of para-hydroxylation sites is 2. The second-order valence-electron chi connectivity index (χ2n) is 4.41. The number of carbonyl (C=O) groups excluding carboxylic acids is 2. The van der Waals surface area contributed by atoms with E-state index >= 15 is 0 Å². The fraction of sp³-hybridized carbons (Fsp3) is 0.385. The number of nitrogens with zero attached hydrogens (tertiary/aromatic N) is 1. The first-order chi connectivity index (χ1) is 8.91. The Labute approximate surface area is 112 Å². The number of primary amides is 1. The minimum absolute atomic E-state index is 0.121. The molecule has 1 aromatic carbocycles. The zero-order valence-electron chi connectivity index (χ0n) is 11.1. The summed E-state index contributed by atoms with van der Waals surface area (Å²) >= 11 is 0. The van der Waals surface area contributed by atoms with E-state index in [4.69, 9.17) is 16.2 Å². The standard InChI is InChI=1S/C13H19N3O3/c1-9(2)16(7-12(15)17)13(18)8-19-11-6-4-3-5-10(11)14/h3-6,9H,7-8,14H2,1-2H3,(H2,15,17). The van der Waals surface area contributed by atoms with Crippen LogP contribution in [0.15, 0.2) is 24.3 Å². The molecule has 0 aliphatic rings. The maximum absolute atomic E-state index is 12.0. The number of nitrogens with two attached hydrogens (primary N) is 2. The van der Waals surface area contributed by atoms with E-state index in [2.05, 4.69) is 0 Å². The predicted molar refractivity (Wildman–Crippen MR) is 72.4 cm³/mol. The molecule has 1 aromatic rings. The van der Waals surface area contributed by atoms with Crippen molar-refractivity contribution in [1.82, 2.24) is 4.90 Å². The molecule has 0 heterocycles. The number of nitrogen functional groups attached to an aromatic ring is 1. The molecular formula is C13H19N3O3. The highest BCUT2D eigenvalue weighted by atomic mass is 16.5. The van der Waals surface area contributed by atoms with Crippen molar-refractivity contribution in [3.63, 3.8) is 0 Å². The summed E-state index contributed by atoms with van der Waals surface area (Å²) in [7, 11) is 0. The number of rotatable bonds is 6. The van der Waals surface area contributed by atoms with Gasteiger partial charge in [-0.3, -0.25) is 9.59 Å². The smallest absolute Gasteiger partial charge is 0.261 e. The van der Waals surface area contributed by atoms with Crippen LogP contribution in [0.5, 0.6) is 5.75 Å². The molecule has 19 heavy (non-hydrogen) atoms. The summed E-state index contributed by atoms with van der Waals surface area (Å²) in [5.41, 5.74) is 11.3. The Morgan fingerprint density at radius 2 is 1.95 bits per heavy atom. The van der Waals surface area contributed by atoms with Crippen LogP contribution in [-0.2, 0) is 9.59 Å². The van der Waals surface area contributed by atoms with Gasteiger partial charge in [-0.15, -0.1) is 0 Å². The number of hydrogen-bond acceptors (Lipinski definition) is 4. The number of hydrogen-bond donors (Lipinski definition) is 2. The molecule has 0 saturated heterocycles. The monoisotopic (exact) mass is 265 g/mol. The molecule has 0 radical (unpaired) electrons. The first-order valence-electron chi connectivity index (χ1n) is 5.97. The summed E-state index contributed by atoms with van der Waals surface area (Å²) in [6.45, 7) is 3.30. The zero-order valence-corrected chi connectivity index (χ0v) is 11.1. The summed E-state index contributed by atoms with van der Waals surface area (Å²) < 4.78 is 5.34. The first kappa shape index (κ1) is 14.8. The van der Waals surface area contributed by atoms with E-state index in [1.54, 1.807) is 38.1 Å². The maximum atomic E-state index is 12.0. The van der Waals surface area contributed by atoms with Crippen molar-refractivity contribution in [2.75, 3.05) is 18.9 Å². The minimum Gasteiger partial charge on any atom is -0.482 e. The van der Waals surface area contributed by atoms with E-state index in [1.165, 1.54) is 4.90 Å². The van der Waals surface area contributed by atoms with Gasteiger partial charge in [-0.1, -0.05) is 12.1 Å². The Kier molecular flexibility index (Phi) is 5.17. The minimum atomic E-state index is -0.554. The van der Waals surface area contributed by atoms with Crippen LogP contribution in [0.2, 0.25) is 0 Å². The molecule has 0 fully saturated rings. The van der Waals surface area contributed by atoms with Crippen LogP contribution >= 0.6 is 0 Å². The molecule has 0 aromatic heterocycles. The fourth-order valence-electron chi connectivity index (χ4n) is 1.56. The number of amides is 2. The molecule has 6 heteroatoms. The Morgan fingerprint density at radius 1 is 1.32 bits per heavy atom. The van der Waals surface area contributed by atoms with Gasteiger partial charge in [0.15, 0.2) is 6.61 Å². The molecule has 2 amide bonds. The van der Waals surface area contributed by atoms with Crippen LogP contribution in [0.4, 0.5) is 5.69 Å². The molecule has 0 bridgehead atoms. The van der Waals surface area contributed by atoms with Gasteiger partial charge >= 0.3 is 0 Å². The molecule has 0 aliphatic carbocycles. The van der Waals surface area contributed by atoms with E-state index in [0.717, 1.165) is 0 Å². The molecule has 0 spiro atoms. The molecule has 1 rings (SSSR count). The average molecular weight is 265 g/mol. The van der Waals surface area contributed by atoms with Crippen LogP contribution in [0, 0.1) is 0 Å². The topological polar surface area (TPSA) is 98.6 Å². The molecule has 0 saturated carbocycles. The van der Waals surface area contributed by atoms with Crippen LogP contribution < -0.4 is 16.2 Å².